The maximum absolute atomic E-state index is 14.1. The minimum atomic E-state index is -0.461. The van der Waals surface area contributed by atoms with Crippen molar-refractivity contribution in [2.75, 3.05) is 37.4 Å². The largest absolute Gasteiger partial charge is 0.453 e. The molecular weight excluding hydrogens is 389 g/mol. The number of nitrogens with one attached hydrogen (secondary N) is 2. The average Bonchev–Trinajstić information content (AvgIpc) is 2.67. The molecule has 1 aliphatic heterocycles. The van der Waals surface area contributed by atoms with E-state index in [4.69, 9.17) is 4.74 Å². The Hall–Kier alpha value is -3.20. The van der Waals surface area contributed by atoms with Crippen LogP contribution in [-0.4, -0.2) is 59.7 Å². The average molecular weight is 415 g/mol. The van der Waals surface area contributed by atoms with Gasteiger partial charge in [0, 0.05) is 55.5 Å². The molecule has 9 heteroatoms. The van der Waals surface area contributed by atoms with E-state index < -0.39 is 11.8 Å². The highest BCUT2D eigenvalue weighted by atomic mass is 19.1. The molecule has 8 nitrogen and oxygen atoms in total. The maximum atomic E-state index is 14.1. The Morgan fingerprint density at radius 2 is 1.97 bits per heavy atom. The van der Waals surface area contributed by atoms with Crippen molar-refractivity contribution in [1.82, 2.24) is 14.8 Å². The summed E-state index contributed by atoms with van der Waals surface area (Å²) in [6.07, 6.45) is 1.27. The number of piperazine rings is 1. The lowest BCUT2D eigenvalue weighted by Crippen LogP contribution is -2.53. The third-order valence-electron chi connectivity index (χ3n) is 4.90. The first-order valence-corrected chi connectivity index (χ1v) is 9.71. The molecule has 0 spiro atoms. The summed E-state index contributed by atoms with van der Waals surface area (Å²) in [5, 5.41) is 5.37. The predicted octanol–water partition coefficient (Wildman–Crippen LogP) is 3.45. The molecule has 2 heterocycles. The zero-order valence-electron chi connectivity index (χ0n) is 17.3. The molecule has 0 aliphatic carbocycles. The van der Waals surface area contributed by atoms with Gasteiger partial charge in [-0.15, -0.1) is 0 Å². The first kappa shape index (κ1) is 21.5. The number of hydrogen-bond acceptors (Lipinski definition) is 5. The summed E-state index contributed by atoms with van der Waals surface area (Å²) in [7, 11) is 1.37. The van der Waals surface area contributed by atoms with Crippen LogP contribution >= 0.6 is 0 Å². The van der Waals surface area contributed by atoms with Crippen LogP contribution in [0.5, 0.6) is 0 Å². The Labute approximate surface area is 175 Å². The van der Waals surface area contributed by atoms with Crippen molar-refractivity contribution in [3.63, 3.8) is 0 Å². The number of aromatic nitrogens is 1. The van der Waals surface area contributed by atoms with Crippen LogP contribution in [0.3, 0.4) is 0 Å². The first-order valence-electron chi connectivity index (χ1n) is 9.71. The third kappa shape index (κ3) is 5.66. The molecule has 160 valence electrons. The number of aryl methyl sites for hydroxylation is 1. The number of urea groups is 1. The summed E-state index contributed by atoms with van der Waals surface area (Å²) in [5.74, 6) is -0.427. The molecule has 0 saturated carbocycles. The van der Waals surface area contributed by atoms with E-state index in [2.05, 4.69) is 20.5 Å². The normalized spacial score (nSPS) is 16.8. The van der Waals surface area contributed by atoms with Crippen LogP contribution in [0.1, 0.15) is 18.2 Å². The van der Waals surface area contributed by atoms with E-state index in [0.29, 0.717) is 37.6 Å². The third-order valence-corrected chi connectivity index (χ3v) is 4.90. The van der Waals surface area contributed by atoms with Crippen molar-refractivity contribution in [2.45, 2.75) is 26.4 Å². The molecule has 0 unspecified atom stereocenters. The summed E-state index contributed by atoms with van der Waals surface area (Å²) in [6.45, 7) is 6.14. The van der Waals surface area contributed by atoms with Gasteiger partial charge in [-0.05, 0) is 49.7 Å². The number of hydrogen-bond donors (Lipinski definition) is 2. The van der Waals surface area contributed by atoms with Crippen LogP contribution < -0.4 is 10.6 Å². The SMILES string of the molecule is COC(=O)N1CCN(Cc2cc(F)cc(NC(=O)Nc3ccnc(C)c3)c2)C[C@H]1C. The van der Waals surface area contributed by atoms with Crippen molar-refractivity contribution in [3.05, 3.63) is 53.6 Å². The van der Waals surface area contributed by atoms with Crippen LogP contribution in [0, 0.1) is 12.7 Å². The Bertz CT molecular complexity index is 923. The number of ether oxygens (including phenoxy) is 1. The zero-order valence-corrected chi connectivity index (χ0v) is 17.3. The van der Waals surface area contributed by atoms with E-state index in [0.717, 1.165) is 11.3 Å². The Morgan fingerprint density at radius 1 is 1.20 bits per heavy atom. The van der Waals surface area contributed by atoms with Gasteiger partial charge in [-0.25, -0.2) is 14.0 Å². The minimum absolute atomic E-state index is 0.00745. The molecule has 0 radical (unpaired) electrons. The number of carbonyl (C=O) groups is 2. The van der Waals surface area contributed by atoms with Crippen LogP contribution in [0.25, 0.3) is 0 Å². The molecule has 1 aliphatic rings. The summed E-state index contributed by atoms with van der Waals surface area (Å²) in [6, 6.07) is 7.43. The molecule has 30 heavy (non-hydrogen) atoms. The van der Waals surface area contributed by atoms with E-state index in [1.54, 1.807) is 29.3 Å². The summed E-state index contributed by atoms with van der Waals surface area (Å²) in [5.41, 5.74) is 2.50. The summed E-state index contributed by atoms with van der Waals surface area (Å²) in [4.78, 5) is 31.9. The lowest BCUT2D eigenvalue weighted by molar-refractivity contribution is 0.0604. The van der Waals surface area contributed by atoms with Crippen molar-refractivity contribution >= 4 is 23.5 Å². The highest BCUT2D eigenvalue weighted by molar-refractivity contribution is 5.99. The number of amides is 3. The molecule has 3 rings (SSSR count). The van der Waals surface area contributed by atoms with Gasteiger partial charge >= 0.3 is 12.1 Å². The number of pyridine rings is 1. The number of benzene rings is 1. The topological polar surface area (TPSA) is 86.8 Å². The van der Waals surface area contributed by atoms with Gasteiger partial charge < -0.3 is 20.3 Å². The van der Waals surface area contributed by atoms with Crippen LogP contribution in [0.4, 0.5) is 25.4 Å². The molecule has 0 bridgehead atoms. The van der Waals surface area contributed by atoms with Crippen molar-refractivity contribution < 1.29 is 18.7 Å². The van der Waals surface area contributed by atoms with Gasteiger partial charge in [0.1, 0.15) is 5.82 Å². The lowest BCUT2D eigenvalue weighted by atomic mass is 10.1. The van der Waals surface area contributed by atoms with Gasteiger partial charge in [0.2, 0.25) is 0 Å². The van der Waals surface area contributed by atoms with Gasteiger partial charge in [-0.3, -0.25) is 9.88 Å². The van der Waals surface area contributed by atoms with Gasteiger partial charge in [0.05, 0.1) is 7.11 Å². The Kier molecular flexibility index (Phi) is 6.83. The molecule has 3 amide bonds. The van der Waals surface area contributed by atoms with E-state index >= 15 is 0 Å². The predicted molar refractivity (Wildman–Crippen MR) is 112 cm³/mol. The molecular formula is C21H26FN5O3. The second kappa shape index (κ2) is 9.53. The summed E-state index contributed by atoms with van der Waals surface area (Å²) < 4.78 is 18.9. The lowest BCUT2D eigenvalue weighted by Gasteiger charge is -2.38. The Morgan fingerprint density at radius 3 is 2.67 bits per heavy atom. The van der Waals surface area contributed by atoms with Crippen molar-refractivity contribution in [2.24, 2.45) is 0 Å². The van der Waals surface area contributed by atoms with Gasteiger partial charge in [0.25, 0.3) is 0 Å². The zero-order chi connectivity index (χ0) is 21.7. The highest BCUT2D eigenvalue weighted by Gasteiger charge is 2.28. The monoisotopic (exact) mass is 415 g/mol. The van der Waals surface area contributed by atoms with Crippen LogP contribution in [0.2, 0.25) is 0 Å². The number of rotatable bonds is 4. The molecule has 2 aromatic rings. The van der Waals surface area contributed by atoms with Gasteiger partial charge in [0.15, 0.2) is 0 Å². The van der Waals surface area contributed by atoms with E-state index in [1.165, 1.54) is 19.2 Å². The second-order valence-electron chi connectivity index (χ2n) is 7.36. The fraction of sp³-hybridized carbons (Fsp3) is 0.381. The fourth-order valence-corrected chi connectivity index (χ4v) is 3.55. The molecule has 2 N–H and O–H groups in total. The number of halogens is 1. The van der Waals surface area contributed by atoms with E-state index in [1.807, 2.05) is 13.8 Å². The van der Waals surface area contributed by atoms with Gasteiger partial charge in [-0.1, -0.05) is 0 Å². The maximum Gasteiger partial charge on any atom is 0.409 e. The second-order valence-corrected chi connectivity index (χ2v) is 7.36. The molecule has 1 fully saturated rings. The standard InChI is InChI=1S/C21H26FN5O3/c1-14-8-18(4-5-23-14)24-20(28)25-19-10-16(9-17(22)11-19)13-26-6-7-27(15(2)12-26)21(29)30-3/h4-5,8-11,15H,6-7,12-13H2,1-3H3,(H2,23,24,25,28)/t15-/m1/s1. The molecule has 1 atom stereocenters. The van der Waals surface area contributed by atoms with E-state index in [-0.39, 0.29) is 12.1 Å². The highest BCUT2D eigenvalue weighted by Crippen LogP contribution is 2.19. The van der Waals surface area contributed by atoms with Gasteiger partial charge in [-0.2, -0.15) is 0 Å². The van der Waals surface area contributed by atoms with Crippen LogP contribution in [0.15, 0.2) is 36.5 Å². The van der Waals surface area contributed by atoms with E-state index in [9.17, 15) is 14.0 Å². The van der Waals surface area contributed by atoms with Crippen molar-refractivity contribution in [1.29, 1.82) is 0 Å². The minimum Gasteiger partial charge on any atom is -0.453 e. The first-order chi connectivity index (χ1) is 14.3. The molecule has 1 saturated heterocycles. The Balaban J connectivity index is 1.61. The quantitative estimate of drug-likeness (QED) is 0.799. The number of methoxy groups -OCH3 is 1. The summed E-state index contributed by atoms with van der Waals surface area (Å²) >= 11 is 0. The smallest absolute Gasteiger partial charge is 0.409 e. The number of carbonyl (C=O) groups excluding carboxylic acids is 2. The van der Waals surface area contributed by atoms with Crippen LogP contribution in [-0.2, 0) is 11.3 Å². The molecule has 1 aromatic heterocycles. The fourth-order valence-electron chi connectivity index (χ4n) is 3.55. The molecule has 1 aromatic carbocycles. The number of anilines is 2. The number of nitrogens with zero attached hydrogens (tertiary/aromatic N) is 3. The van der Waals surface area contributed by atoms with Crippen molar-refractivity contribution in [3.8, 4) is 0 Å².